The molecule has 0 N–H and O–H groups in total. The number of rotatable bonds is 5. The lowest BCUT2D eigenvalue weighted by molar-refractivity contribution is 0.180. The van der Waals surface area contributed by atoms with Crippen LogP contribution in [0.1, 0.15) is 12.8 Å². The van der Waals surface area contributed by atoms with Crippen LogP contribution in [-0.2, 0) is 10.0 Å². The van der Waals surface area contributed by atoms with Gasteiger partial charge in [0.15, 0.2) is 0 Å². The molecule has 0 unspecified atom stereocenters. The van der Waals surface area contributed by atoms with Gasteiger partial charge in [0.2, 0.25) is 10.0 Å². The minimum Gasteiger partial charge on any atom is -0.493 e. The maximum atomic E-state index is 12.7. The van der Waals surface area contributed by atoms with Crippen molar-refractivity contribution in [2.45, 2.75) is 17.7 Å². The third-order valence-electron chi connectivity index (χ3n) is 3.98. The van der Waals surface area contributed by atoms with E-state index in [1.54, 1.807) is 22.6 Å². The number of hydrogen-bond donors (Lipinski definition) is 0. The maximum absolute atomic E-state index is 12.7. The normalized spacial score (nSPS) is 19.4. The number of ether oxygens (including phenoxy) is 1. The van der Waals surface area contributed by atoms with Crippen molar-refractivity contribution in [3.63, 3.8) is 0 Å². The number of sulfonamides is 1. The highest BCUT2D eigenvalue weighted by molar-refractivity contribution is 7.89. The van der Waals surface area contributed by atoms with Crippen molar-refractivity contribution in [1.82, 2.24) is 9.29 Å². The standard InChI is InChI=1S/C17H20N2O3S/c20-23(21,17-9-4-10-18-12-17)19-11-5-6-15(13-19)14-22-16-7-2-1-3-8-16/h1-4,7-10,12,15H,5-6,11,13-14H2/t15-/m0/s1. The Morgan fingerprint density at radius 2 is 2.00 bits per heavy atom. The predicted molar refractivity (Wildman–Crippen MR) is 87.7 cm³/mol. The Labute approximate surface area is 137 Å². The Morgan fingerprint density at radius 3 is 2.74 bits per heavy atom. The Bertz CT molecular complexity index is 720. The lowest BCUT2D eigenvalue weighted by atomic mass is 10.0. The monoisotopic (exact) mass is 332 g/mol. The molecule has 1 saturated heterocycles. The van der Waals surface area contributed by atoms with E-state index < -0.39 is 10.0 Å². The fourth-order valence-corrected chi connectivity index (χ4v) is 4.28. The van der Waals surface area contributed by atoms with Crippen LogP contribution in [0.4, 0.5) is 0 Å². The molecule has 23 heavy (non-hydrogen) atoms. The fourth-order valence-electron chi connectivity index (χ4n) is 2.76. The van der Waals surface area contributed by atoms with Gasteiger partial charge in [0.1, 0.15) is 10.6 Å². The van der Waals surface area contributed by atoms with Gasteiger partial charge in [-0.2, -0.15) is 4.31 Å². The van der Waals surface area contributed by atoms with E-state index in [1.807, 2.05) is 30.3 Å². The van der Waals surface area contributed by atoms with E-state index in [0.717, 1.165) is 18.6 Å². The van der Waals surface area contributed by atoms with E-state index in [-0.39, 0.29) is 10.8 Å². The second-order valence-corrected chi connectivity index (χ2v) is 7.62. The third kappa shape index (κ3) is 3.89. The van der Waals surface area contributed by atoms with E-state index in [4.69, 9.17) is 4.74 Å². The number of benzene rings is 1. The zero-order valence-corrected chi connectivity index (χ0v) is 13.7. The van der Waals surface area contributed by atoms with Crippen molar-refractivity contribution in [2.24, 2.45) is 5.92 Å². The van der Waals surface area contributed by atoms with Crippen molar-refractivity contribution in [1.29, 1.82) is 0 Å². The van der Waals surface area contributed by atoms with Crippen LogP contribution in [0.25, 0.3) is 0 Å². The topological polar surface area (TPSA) is 59.5 Å². The van der Waals surface area contributed by atoms with E-state index in [2.05, 4.69) is 4.98 Å². The van der Waals surface area contributed by atoms with Crippen molar-refractivity contribution >= 4 is 10.0 Å². The minimum atomic E-state index is -3.46. The smallest absolute Gasteiger partial charge is 0.244 e. The molecule has 6 heteroatoms. The molecule has 1 aromatic carbocycles. The molecule has 122 valence electrons. The molecule has 5 nitrogen and oxygen atoms in total. The first-order valence-electron chi connectivity index (χ1n) is 7.74. The first-order valence-corrected chi connectivity index (χ1v) is 9.18. The summed E-state index contributed by atoms with van der Waals surface area (Å²) in [5, 5.41) is 0. The van der Waals surface area contributed by atoms with Crippen LogP contribution in [0.3, 0.4) is 0 Å². The average molecular weight is 332 g/mol. The summed E-state index contributed by atoms with van der Waals surface area (Å²) in [6, 6.07) is 12.8. The molecule has 1 aliphatic heterocycles. The molecular formula is C17H20N2O3S. The van der Waals surface area contributed by atoms with Crippen molar-refractivity contribution in [3.8, 4) is 5.75 Å². The number of para-hydroxylation sites is 1. The molecule has 0 bridgehead atoms. The van der Waals surface area contributed by atoms with Gasteiger partial charge in [0, 0.05) is 31.4 Å². The highest BCUT2D eigenvalue weighted by Gasteiger charge is 2.30. The number of aromatic nitrogens is 1. The molecule has 0 amide bonds. The number of hydrogen-bond acceptors (Lipinski definition) is 4. The highest BCUT2D eigenvalue weighted by Crippen LogP contribution is 2.24. The summed E-state index contributed by atoms with van der Waals surface area (Å²) in [5.74, 6) is 1.02. The van der Waals surface area contributed by atoms with Crippen LogP contribution < -0.4 is 4.74 Å². The number of pyridine rings is 1. The SMILES string of the molecule is O=S(=O)(c1cccnc1)N1CCC[C@H](COc2ccccc2)C1. The molecule has 1 aliphatic rings. The molecular weight excluding hydrogens is 312 g/mol. The van der Waals surface area contributed by atoms with Crippen LogP contribution >= 0.6 is 0 Å². The zero-order chi connectivity index (χ0) is 16.1. The maximum Gasteiger partial charge on any atom is 0.244 e. The molecule has 1 fully saturated rings. The van der Waals surface area contributed by atoms with Gasteiger partial charge in [-0.05, 0) is 37.1 Å². The van der Waals surface area contributed by atoms with Gasteiger partial charge >= 0.3 is 0 Å². The Kier molecular flexibility index (Phi) is 4.93. The van der Waals surface area contributed by atoms with Gasteiger partial charge in [0.05, 0.1) is 6.61 Å². The third-order valence-corrected chi connectivity index (χ3v) is 5.83. The van der Waals surface area contributed by atoms with Crippen LogP contribution in [0, 0.1) is 5.92 Å². The van der Waals surface area contributed by atoms with Crippen molar-refractivity contribution in [2.75, 3.05) is 19.7 Å². The molecule has 0 aliphatic carbocycles. The molecule has 2 heterocycles. The van der Waals surface area contributed by atoms with Gasteiger partial charge in [0.25, 0.3) is 0 Å². The van der Waals surface area contributed by atoms with Gasteiger partial charge in [-0.15, -0.1) is 0 Å². The van der Waals surface area contributed by atoms with Crippen molar-refractivity contribution < 1.29 is 13.2 Å². The van der Waals surface area contributed by atoms with E-state index >= 15 is 0 Å². The first-order chi connectivity index (χ1) is 11.2. The van der Waals surface area contributed by atoms with Gasteiger partial charge in [-0.3, -0.25) is 4.98 Å². The Morgan fingerprint density at radius 1 is 1.17 bits per heavy atom. The summed E-state index contributed by atoms with van der Waals surface area (Å²) >= 11 is 0. The molecule has 3 rings (SSSR count). The van der Waals surface area contributed by atoms with Crippen LogP contribution in [0.15, 0.2) is 59.8 Å². The summed E-state index contributed by atoms with van der Waals surface area (Å²) in [4.78, 5) is 4.16. The Balaban J connectivity index is 1.64. The molecule has 0 saturated carbocycles. The highest BCUT2D eigenvalue weighted by atomic mass is 32.2. The molecule has 1 atom stereocenters. The molecule has 0 spiro atoms. The van der Waals surface area contributed by atoms with Gasteiger partial charge < -0.3 is 4.74 Å². The summed E-state index contributed by atoms with van der Waals surface area (Å²) in [7, 11) is -3.46. The van der Waals surface area contributed by atoms with Crippen molar-refractivity contribution in [3.05, 3.63) is 54.9 Å². The van der Waals surface area contributed by atoms with Gasteiger partial charge in [-0.25, -0.2) is 8.42 Å². The minimum absolute atomic E-state index is 0.204. The van der Waals surface area contributed by atoms with E-state index in [0.29, 0.717) is 19.7 Å². The van der Waals surface area contributed by atoms with Crippen LogP contribution in [0.2, 0.25) is 0 Å². The van der Waals surface area contributed by atoms with Crippen LogP contribution in [0.5, 0.6) is 5.75 Å². The molecule has 1 aromatic heterocycles. The van der Waals surface area contributed by atoms with E-state index in [1.165, 1.54) is 6.20 Å². The lowest BCUT2D eigenvalue weighted by Crippen LogP contribution is -2.41. The summed E-state index contributed by atoms with van der Waals surface area (Å²) in [6.07, 6.45) is 4.80. The Hall–Kier alpha value is -1.92. The zero-order valence-electron chi connectivity index (χ0n) is 12.8. The summed E-state index contributed by atoms with van der Waals surface area (Å²) < 4.78 is 32.6. The second kappa shape index (κ2) is 7.10. The molecule has 0 radical (unpaired) electrons. The van der Waals surface area contributed by atoms with Gasteiger partial charge in [-0.1, -0.05) is 18.2 Å². The fraction of sp³-hybridized carbons (Fsp3) is 0.353. The summed E-state index contributed by atoms with van der Waals surface area (Å²) in [5.41, 5.74) is 0. The number of piperidine rings is 1. The predicted octanol–water partition coefficient (Wildman–Crippen LogP) is 2.56. The number of nitrogens with zero attached hydrogens (tertiary/aromatic N) is 2. The quantitative estimate of drug-likeness (QED) is 0.844. The van der Waals surface area contributed by atoms with E-state index in [9.17, 15) is 8.42 Å². The molecule has 2 aromatic rings. The summed E-state index contributed by atoms with van der Waals surface area (Å²) in [6.45, 7) is 1.58. The lowest BCUT2D eigenvalue weighted by Gasteiger charge is -2.31. The second-order valence-electron chi connectivity index (χ2n) is 5.68. The largest absolute Gasteiger partial charge is 0.493 e. The first kappa shape index (κ1) is 16.0. The van der Waals surface area contributed by atoms with Crippen LogP contribution in [-0.4, -0.2) is 37.4 Å². The average Bonchev–Trinajstić information content (AvgIpc) is 2.62.